The van der Waals surface area contributed by atoms with E-state index in [9.17, 15) is 9.59 Å². The van der Waals surface area contributed by atoms with Gasteiger partial charge in [0, 0.05) is 19.7 Å². The number of amides is 2. The SMILES string of the molecule is CC(C)COC(C)C(=O)N1CCCC(C(N)=O)C1. The highest BCUT2D eigenvalue weighted by molar-refractivity contribution is 5.82. The molecule has 0 spiro atoms. The van der Waals surface area contributed by atoms with Gasteiger partial charge in [-0.05, 0) is 25.7 Å². The van der Waals surface area contributed by atoms with E-state index < -0.39 is 6.10 Å². The highest BCUT2D eigenvalue weighted by Gasteiger charge is 2.29. The van der Waals surface area contributed by atoms with Gasteiger partial charge in [0.2, 0.25) is 5.91 Å². The van der Waals surface area contributed by atoms with E-state index >= 15 is 0 Å². The summed E-state index contributed by atoms with van der Waals surface area (Å²) < 4.78 is 5.51. The Morgan fingerprint density at radius 2 is 2.06 bits per heavy atom. The zero-order chi connectivity index (χ0) is 13.7. The van der Waals surface area contributed by atoms with Crippen molar-refractivity contribution < 1.29 is 14.3 Å². The molecule has 2 N–H and O–H groups in total. The monoisotopic (exact) mass is 256 g/mol. The summed E-state index contributed by atoms with van der Waals surface area (Å²) in [5.41, 5.74) is 5.30. The van der Waals surface area contributed by atoms with E-state index in [1.807, 2.05) is 13.8 Å². The van der Waals surface area contributed by atoms with E-state index in [0.29, 0.717) is 25.6 Å². The van der Waals surface area contributed by atoms with E-state index in [0.717, 1.165) is 12.8 Å². The number of nitrogens with two attached hydrogens (primary N) is 1. The number of nitrogens with zero attached hydrogens (tertiary/aromatic N) is 1. The molecule has 1 aliphatic rings. The molecule has 1 heterocycles. The van der Waals surface area contributed by atoms with Gasteiger partial charge in [-0.3, -0.25) is 9.59 Å². The number of likely N-dealkylation sites (tertiary alicyclic amines) is 1. The number of carbonyl (C=O) groups is 2. The molecule has 0 aromatic heterocycles. The van der Waals surface area contributed by atoms with Crippen LogP contribution >= 0.6 is 0 Å². The van der Waals surface area contributed by atoms with E-state index in [1.54, 1.807) is 11.8 Å². The number of hydrogen-bond donors (Lipinski definition) is 1. The Morgan fingerprint density at radius 3 is 2.61 bits per heavy atom. The van der Waals surface area contributed by atoms with Crippen LogP contribution in [-0.2, 0) is 14.3 Å². The fourth-order valence-electron chi connectivity index (χ4n) is 2.07. The van der Waals surface area contributed by atoms with Crippen LogP contribution in [0.25, 0.3) is 0 Å². The fraction of sp³-hybridized carbons (Fsp3) is 0.846. The molecule has 5 nitrogen and oxygen atoms in total. The highest BCUT2D eigenvalue weighted by Crippen LogP contribution is 2.17. The summed E-state index contributed by atoms with van der Waals surface area (Å²) in [6.45, 7) is 7.54. The van der Waals surface area contributed by atoms with Gasteiger partial charge < -0.3 is 15.4 Å². The minimum atomic E-state index is -0.445. The first-order chi connectivity index (χ1) is 8.41. The average molecular weight is 256 g/mol. The van der Waals surface area contributed by atoms with Crippen LogP contribution in [0, 0.1) is 11.8 Å². The van der Waals surface area contributed by atoms with Crippen LogP contribution in [0.3, 0.4) is 0 Å². The van der Waals surface area contributed by atoms with Gasteiger partial charge in [-0.15, -0.1) is 0 Å². The molecular formula is C13H24N2O3. The van der Waals surface area contributed by atoms with Crippen LogP contribution in [0.1, 0.15) is 33.6 Å². The fourth-order valence-corrected chi connectivity index (χ4v) is 2.07. The van der Waals surface area contributed by atoms with Crippen molar-refractivity contribution in [2.45, 2.75) is 39.7 Å². The first-order valence-corrected chi connectivity index (χ1v) is 6.61. The first-order valence-electron chi connectivity index (χ1n) is 6.61. The topological polar surface area (TPSA) is 72.6 Å². The van der Waals surface area contributed by atoms with E-state index in [-0.39, 0.29) is 17.7 Å². The van der Waals surface area contributed by atoms with Crippen molar-refractivity contribution >= 4 is 11.8 Å². The second-order valence-electron chi connectivity index (χ2n) is 5.40. The predicted molar refractivity (Wildman–Crippen MR) is 68.8 cm³/mol. The van der Waals surface area contributed by atoms with Crippen LogP contribution in [0.15, 0.2) is 0 Å². The maximum atomic E-state index is 12.1. The normalized spacial score (nSPS) is 22.0. The molecule has 0 saturated carbocycles. The molecule has 2 atom stereocenters. The van der Waals surface area contributed by atoms with Gasteiger partial charge in [0.05, 0.1) is 5.92 Å². The molecule has 2 amide bonds. The zero-order valence-corrected chi connectivity index (χ0v) is 11.5. The number of carbonyl (C=O) groups excluding carboxylic acids is 2. The summed E-state index contributed by atoms with van der Waals surface area (Å²) in [7, 11) is 0. The first kappa shape index (κ1) is 15.0. The number of primary amides is 1. The smallest absolute Gasteiger partial charge is 0.251 e. The Kier molecular flexibility index (Phi) is 5.59. The quantitative estimate of drug-likeness (QED) is 0.789. The van der Waals surface area contributed by atoms with Gasteiger partial charge in [0.25, 0.3) is 5.91 Å². The van der Waals surface area contributed by atoms with Crippen LogP contribution in [0.4, 0.5) is 0 Å². The van der Waals surface area contributed by atoms with E-state index in [2.05, 4.69) is 0 Å². The molecule has 0 aromatic carbocycles. The van der Waals surface area contributed by atoms with Crippen LogP contribution in [-0.4, -0.2) is 42.5 Å². The third-order valence-corrected chi connectivity index (χ3v) is 3.16. The average Bonchev–Trinajstić information content (AvgIpc) is 2.35. The standard InChI is InChI=1S/C13H24N2O3/c1-9(2)8-18-10(3)13(17)15-6-4-5-11(7-15)12(14)16/h9-11H,4-8H2,1-3H3,(H2,14,16). The number of ether oxygens (including phenoxy) is 1. The Labute approximate surface area is 109 Å². The molecule has 0 bridgehead atoms. The van der Waals surface area contributed by atoms with Gasteiger partial charge in [-0.2, -0.15) is 0 Å². The molecule has 2 unspecified atom stereocenters. The number of hydrogen-bond acceptors (Lipinski definition) is 3. The van der Waals surface area contributed by atoms with Crippen molar-refractivity contribution in [3.63, 3.8) is 0 Å². The molecule has 5 heteroatoms. The molecule has 0 radical (unpaired) electrons. The third-order valence-electron chi connectivity index (χ3n) is 3.16. The minimum Gasteiger partial charge on any atom is -0.369 e. The molecule has 104 valence electrons. The maximum absolute atomic E-state index is 12.1. The van der Waals surface area contributed by atoms with Crippen molar-refractivity contribution in [2.24, 2.45) is 17.6 Å². The summed E-state index contributed by atoms with van der Waals surface area (Å²) >= 11 is 0. The van der Waals surface area contributed by atoms with Gasteiger partial charge in [0.15, 0.2) is 0 Å². The van der Waals surface area contributed by atoms with Gasteiger partial charge in [0.1, 0.15) is 6.10 Å². The molecule has 1 rings (SSSR count). The lowest BCUT2D eigenvalue weighted by atomic mass is 9.97. The van der Waals surface area contributed by atoms with Crippen molar-refractivity contribution in [2.75, 3.05) is 19.7 Å². The largest absolute Gasteiger partial charge is 0.369 e. The molecule has 1 aliphatic heterocycles. The Bertz CT molecular complexity index is 305. The summed E-state index contributed by atoms with van der Waals surface area (Å²) in [6.07, 6.45) is 1.16. The zero-order valence-electron chi connectivity index (χ0n) is 11.5. The number of piperidine rings is 1. The third kappa shape index (κ3) is 4.29. The van der Waals surface area contributed by atoms with Crippen molar-refractivity contribution in [3.05, 3.63) is 0 Å². The van der Waals surface area contributed by atoms with Crippen LogP contribution in [0.5, 0.6) is 0 Å². The lowest BCUT2D eigenvalue weighted by molar-refractivity contribution is -0.146. The Balaban J connectivity index is 2.47. The van der Waals surface area contributed by atoms with E-state index in [4.69, 9.17) is 10.5 Å². The second-order valence-corrected chi connectivity index (χ2v) is 5.40. The van der Waals surface area contributed by atoms with E-state index in [1.165, 1.54) is 0 Å². The van der Waals surface area contributed by atoms with Crippen LogP contribution in [0.2, 0.25) is 0 Å². The Morgan fingerprint density at radius 1 is 1.39 bits per heavy atom. The number of rotatable bonds is 5. The maximum Gasteiger partial charge on any atom is 0.251 e. The molecule has 18 heavy (non-hydrogen) atoms. The van der Waals surface area contributed by atoms with Crippen molar-refractivity contribution in [3.8, 4) is 0 Å². The van der Waals surface area contributed by atoms with Gasteiger partial charge in [-0.1, -0.05) is 13.8 Å². The summed E-state index contributed by atoms with van der Waals surface area (Å²) in [4.78, 5) is 25.0. The lowest BCUT2D eigenvalue weighted by Gasteiger charge is -2.33. The molecular weight excluding hydrogens is 232 g/mol. The van der Waals surface area contributed by atoms with Crippen LogP contribution < -0.4 is 5.73 Å². The Hall–Kier alpha value is -1.10. The predicted octanol–water partition coefficient (Wildman–Crippen LogP) is 0.771. The summed E-state index contributed by atoms with van der Waals surface area (Å²) in [5, 5.41) is 0. The van der Waals surface area contributed by atoms with Crippen molar-refractivity contribution in [1.29, 1.82) is 0 Å². The molecule has 1 fully saturated rings. The van der Waals surface area contributed by atoms with Gasteiger partial charge >= 0.3 is 0 Å². The minimum absolute atomic E-state index is 0.0402. The van der Waals surface area contributed by atoms with Gasteiger partial charge in [-0.25, -0.2) is 0 Å². The highest BCUT2D eigenvalue weighted by atomic mass is 16.5. The molecule has 0 aliphatic carbocycles. The second kappa shape index (κ2) is 6.73. The molecule has 0 aromatic rings. The summed E-state index contributed by atoms with van der Waals surface area (Å²) in [6, 6.07) is 0. The lowest BCUT2D eigenvalue weighted by Crippen LogP contribution is -2.47. The molecule has 1 saturated heterocycles. The summed E-state index contributed by atoms with van der Waals surface area (Å²) in [5.74, 6) is -0.162. The van der Waals surface area contributed by atoms with Crippen molar-refractivity contribution in [1.82, 2.24) is 4.90 Å².